The molecule has 10 nitrogen and oxygen atoms in total. The van der Waals surface area contributed by atoms with E-state index in [0.29, 0.717) is 6.42 Å². The second-order valence-electron chi connectivity index (χ2n) is 7.64. The molecule has 4 N–H and O–H groups in total. The standard InChI is InChI=1S/C19H34N4O6/c1-10(2)8-14(17(26)21-12(5)19(28)29-7)22-18(27)16(11(3)4)23-15(25)9-20-13(6)24/h10-12,14,16H,8-9H2,1-7H3,(H,20,24)(H,21,26)(H,22,27)(H,23,25)/t12-,14-,16-/m0/s1. The minimum absolute atomic E-state index is 0.0892. The summed E-state index contributed by atoms with van der Waals surface area (Å²) in [6, 6.07) is -2.64. The summed E-state index contributed by atoms with van der Waals surface area (Å²) in [6.45, 7) is 9.80. The molecule has 0 aliphatic heterocycles. The Balaban J connectivity index is 5.18. The average molecular weight is 415 g/mol. The number of amides is 4. The van der Waals surface area contributed by atoms with Crippen LogP contribution in [-0.4, -0.2) is 61.4 Å². The summed E-state index contributed by atoms with van der Waals surface area (Å²) in [5.41, 5.74) is 0. The smallest absolute Gasteiger partial charge is 0.328 e. The minimum atomic E-state index is -0.892. The van der Waals surface area contributed by atoms with E-state index in [0.717, 1.165) is 0 Å². The second kappa shape index (κ2) is 12.7. The van der Waals surface area contributed by atoms with Crippen LogP contribution in [-0.2, 0) is 28.7 Å². The lowest BCUT2D eigenvalue weighted by Crippen LogP contribution is -2.57. The molecule has 0 aliphatic rings. The molecule has 10 heteroatoms. The van der Waals surface area contributed by atoms with E-state index in [9.17, 15) is 24.0 Å². The molecule has 0 saturated heterocycles. The number of rotatable bonds is 11. The van der Waals surface area contributed by atoms with E-state index >= 15 is 0 Å². The number of carbonyl (C=O) groups excluding carboxylic acids is 5. The molecule has 0 aromatic heterocycles. The van der Waals surface area contributed by atoms with E-state index in [-0.39, 0.29) is 24.3 Å². The van der Waals surface area contributed by atoms with Crippen LogP contribution in [0.3, 0.4) is 0 Å². The normalized spacial score (nSPS) is 13.8. The van der Waals surface area contributed by atoms with Crippen LogP contribution in [0.1, 0.15) is 48.0 Å². The molecule has 0 radical (unpaired) electrons. The zero-order valence-corrected chi connectivity index (χ0v) is 18.3. The summed E-state index contributed by atoms with van der Waals surface area (Å²) in [5, 5.41) is 10.1. The highest BCUT2D eigenvalue weighted by Gasteiger charge is 2.30. The van der Waals surface area contributed by atoms with E-state index in [2.05, 4.69) is 26.0 Å². The average Bonchev–Trinajstić information content (AvgIpc) is 2.62. The molecule has 0 spiro atoms. The zero-order valence-electron chi connectivity index (χ0n) is 18.3. The van der Waals surface area contributed by atoms with Gasteiger partial charge < -0.3 is 26.0 Å². The quantitative estimate of drug-likeness (QED) is 0.335. The molecule has 4 amide bonds. The van der Waals surface area contributed by atoms with Gasteiger partial charge in [0.05, 0.1) is 13.7 Å². The number of hydrogen-bond acceptors (Lipinski definition) is 6. The third-order valence-electron chi connectivity index (χ3n) is 4.02. The highest BCUT2D eigenvalue weighted by atomic mass is 16.5. The largest absolute Gasteiger partial charge is 0.467 e. The van der Waals surface area contributed by atoms with Crippen molar-refractivity contribution >= 4 is 29.6 Å². The van der Waals surface area contributed by atoms with E-state index in [1.165, 1.54) is 21.0 Å². The predicted octanol–water partition coefficient (Wildman–Crippen LogP) is -0.528. The van der Waals surface area contributed by atoms with Gasteiger partial charge in [-0.3, -0.25) is 19.2 Å². The first-order valence-electron chi connectivity index (χ1n) is 9.61. The Morgan fingerprint density at radius 1 is 0.862 bits per heavy atom. The monoisotopic (exact) mass is 414 g/mol. The summed E-state index contributed by atoms with van der Waals surface area (Å²) in [4.78, 5) is 59.8. The molecule has 0 heterocycles. The van der Waals surface area contributed by atoms with Gasteiger partial charge in [-0.15, -0.1) is 0 Å². The molecule has 0 saturated carbocycles. The Labute approximate surface area is 171 Å². The van der Waals surface area contributed by atoms with E-state index < -0.39 is 41.8 Å². The van der Waals surface area contributed by atoms with E-state index in [1.807, 2.05) is 13.8 Å². The van der Waals surface area contributed by atoms with Crippen molar-refractivity contribution in [3.05, 3.63) is 0 Å². The number of ether oxygens (including phenoxy) is 1. The maximum absolute atomic E-state index is 12.7. The molecule has 0 unspecified atom stereocenters. The van der Waals surface area contributed by atoms with Gasteiger partial charge in [0, 0.05) is 6.92 Å². The van der Waals surface area contributed by atoms with Gasteiger partial charge in [0.1, 0.15) is 18.1 Å². The topological polar surface area (TPSA) is 143 Å². The number of esters is 1. The maximum atomic E-state index is 12.7. The van der Waals surface area contributed by atoms with E-state index in [4.69, 9.17) is 0 Å². The lowest BCUT2D eigenvalue weighted by Gasteiger charge is -2.26. The van der Waals surface area contributed by atoms with E-state index in [1.54, 1.807) is 13.8 Å². The third-order valence-corrected chi connectivity index (χ3v) is 4.02. The molecule has 0 rings (SSSR count). The van der Waals surface area contributed by atoms with Crippen LogP contribution in [0.4, 0.5) is 0 Å². The Morgan fingerprint density at radius 2 is 1.45 bits per heavy atom. The Bertz CT molecular complexity index is 606. The van der Waals surface area contributed by atoms with Gasteiger partial charge in [-0.25, -0.2) is 4.79 Å². The molecule has 29 heavy (non-hydrogen) atoms. The van der Waals surface area contributed by atoms with Gasteiger partial charge >= 0.3 is 5.97 Å². The molecular formula is C19H34N4O6. The molecule has 0 aromatic carbocycles. The van der Waals surface area contributed by atoms with Crippen molar-refractivity contribution in [2.24, 2.45) is 11.8 Å². The van der Waals surface area contributed by atoms with Crippen LogP contribution in [0.15, 0.2) is 0 Å². The molecule has 3 atom stereocenters. The lowest BCUT2D eigenvalue weighted by atomic mass is 9.99. The van der Waals surface area contributed by atoms with Gasteiger partial charge in [0.25, 0.3) is 0 Å². The second-order valence-corrected chi connectivity index (χ2v) is 7.64. The molecule has 0 bridgehead atoms. The number of methoxy groups -OCH3 is 1. The third kappa shape index (κ3) is 10.5. The first-order valence-corrected chi connectivity index (χ1v) is 9.61. The summed E-state index contributed by atoms with van der Waals surface area (Å²) in [6.07, 6.45) is 0.343. The first kappa shape index (κ1) is 26.4. The van der Waals surface area contributed by atoms with Crippen molar-refractivity contribution in [3.8, 4) is 0 Å². The Morgan fingerprint density at radius 3 is 1.90 bits per heavy atom. The van der Waals surface area contributed by atoms with Crippen molar-refractivity contribution in [2.45, 2.75) is 66.1 Å². The van der Waals surface area contributed by atoms with Gasteiger partial charge in [-0.05, 0) is 25.2 Å². The van der Waals surface area contributed by atoms with Gasteiger partial charge in [-0.1, -0.05) is 27.7 Å². The van der Waals surface area contributed by atoms with Gasteiger partial charge in [-0.2, -0.15) is 0 Å². The van der Waals surface area contributed by atoms with Crippen LogP contribution >= 0.6 is 0 Å². The molecule has 0 fully saturated rings. The first-order chi connectivity index (χ1) is 13.4. The van der Waals surface area contributed by atoms with Crippen molar-refractivity contribution in [1.82, 2.24) is 21.3 Å². The number of hydrogen-bond donors (Lipinski definition) is 4. The summed E-state index contributed by atoms with van der Waals surface area (Å²) in [5.74, 6) is -2.69. The van der Waals surface area contributed by atoms with Crippen molar-refractivity contribution < 1.29 is 28.7 Å². The van der Waals surface area contributed by atoms with Gasteiger partial charge in [0.2, 0.25) is 23.6 Å². The molecule has 0 aliphatic carbocycles. The van der Waals surface area contributed by atoms with Crippen molar-refractivity contribution in [2.75, 3.05) is 13.7 Å². The lowest BCUT2D eigenvalue weighted by molar-refractivity contribution is -0.145. The van der Waals surface area contributed by atoms with Crippen molar-refractivity contribution in [3.63, 3.8) is 0 Å². The fraction of sp³-hybridized carbons (Fsp3) is 0.737. The predicted molar refractivity (Wildman–Crippen MR) is 106 cm³/mol. The molecule has 0 aromatic rings. The highest BCUT2D eigenvalue weighted by molar-refractivity contribution is 5.94. The Kier molecular flexibility index (Phi) is 11.6. The maximum Gasteiger partial charge on any atom is 0.328 e. The molecule has 166 valence electrons. The molecular weight excluding hydrogens is 380 g/mol. The van der Waals surface area contributed by atoms with Crippen LogP contribution < -0.4 is 21.3 Å². The highest BCUT2D eigenvalue weighted by Crippen LogP contribution is 2.08. The number of nitrogens with one attached hydrogen (secondary N) is 4. The summed E-state index contributed by atoms with van der Waals surface area (Å²) in [7, 11) is 1.22. The van der Waals surface area contributed by atoms with Crippen molar-refractivity contribution in [1.29, 1.82) is 0 Å². The summed E-state index contributed by atoms with van der Waals surface area (Å²) < 4.78 is 4.59. The van der Waals surface area contributed by atoms with Crippen LogP contribution in [0.25, 0.3) is 0 Å². The zero-order chi connectivity index (χ0) is 22.7. The summed E-state index contributed by atoms with van der Waals surface area (Å²) >= 11 is 0. The van der Waals surface area contributed by atoms with Gasteiger partial charge in [0.15, 0.2) is 0 Å². The van der Waals surface area contributed by atoms with Crippen LogP contribution in [0.5, 0.6) is 0 Å². The minimum Gasteiger partial charge on any atom is -0.467 e. The SMILES string of the molecule is COC(=O)[C@H](C)NC(=O)[C@H](CC(C)C)NC(=O)[C@@H](NC(=O)CNC(C)=O)C(C)C. The number of carbonyl (C=O) groups is 5. The van der Waals surface area contributed by atoms with Crippen LogP contribution in [0.2, 0.25) is 0 Å². The fourth-order valence-electron chi connectivity index (χ4n) is 2.48. The Hall–Kier alpha value is -2.65. The fourth-order valence-corrected chi connectivity index (χ4v) is 2.48. The van der Waals surface area contributed by atoms with Crippen LogP contribution in [0, 0.1) is 11.8 Å².